The topological polar surface area (TPSA) is 66.9 Å². The Morgan fingerprint density at radius 2 is 1.77 bits per heavy atom. The first kappa shape index (κ1) is 15.9. The maximum Gasteiger partial charge on any atom is 0.271 e. The van der Waals surface area contributed by atoms with E-state index in [0.29, 0.717) is 18.1 Å². The second-order valence-electron chi connectivity index (χ2n) is 6.33. The van der Waals surface area contributed by atoms with Crippen molar-refractivity contribution in [1.29, 1.82) is 0 Å². The fourth-order valence-electron chi connectivity index (χ4n) is 1.87. The van der Waals surface area contributed by atoms with Gasteiger partial charge in [0.2, 0.25) is 0 Å². The summed E-state index contributed by atoms with van der Waals surface area (Å²) < 4.78 is 0. The zero-order valence-electron chi connectivity index (χ0n) is 13.5. The molecule has 0 saturated carbocycles. The van der Waals surface area contributed by atoms with Crippen LogP contribution in [0.4, 0.5) is 5.82 Å². The van der Waals surface area contributed by atoms with Crippen molar-refractivity contribution < 1.29 is 4.79 Å². The van der Waals surface area contributed by atoms with Gasteiger partial charge in [0.15, 0.2) is 0 Å². The summed E-state index contributed by atoms with van der Waals surface area (Å²) in [7, 11) is 0. The molecule has 2 rings (SSSR count). The minimum atomic E-state index is -0.226. The van der Waals surface area contributed by atoms with Gasteiger partial charge in [0.1, 0.15) is 11.5 Å². The molecule has 1 aromatic carbocycles. The van der Waals surface area contributed by atoms with Crippen molar-refractivity contribution in [3.63, 3.8) is 0 Å². The Labute approximate surface area is 131 Å². The smallest absolute Gasteiger partial charge is 0.271 e. The zero-order valence-corrected chi connectivity index (χ0v) is 13.5. The first-order valence-corrected chi connectivity index (χ1v) is 7.27. The van der Waals surface area contributed by atoms with Crippen LogP contribution < -0.4 is 10.6 Å². The molecule has 0 aliphatic rings. The highest BCUT2D eigenvalue weighted by molar-refractivity contribution is 5.91. The van der Waals surface area contributed by atoms with Gasteiger partial charge in [0.05, 0.1) is 12.4 Å². The maximum atomic E-state index is 12.0. The fourth-order valence-corrected chi connectivity index (χ4v) is 1.87. The summed E-state index contributed by atoms with van der Waals surface area (Å²) in [5.41, 5.74) is 2.47. The zero-order chi connectivity index (χ0) is 16.2. The second-order valence-corrected chi connectivity index (χ2v) is 6.33. The molecule has 0 spiro atoms. The minimum absolute atomic E-state index is 0.0934. The number of nitrogens with one attached hydrogen (secondary N) is 2. The van der Waals surface area contributed by atoms with Crippen LogP contribution >= 0.6 is 0 Å². The third-order valence-corrected chi connectivity index (χ3v) is 2.96. The molecular formula is C17H22N4O. The monoisotopic (exact) mass is 298 g/mol. The van der Waals surface area contributed by atoms with Gasteiger partial charge in [0.25, 0.3) is 5.91 Å². The Morgan fingerprint density at radius 1 is 1.09 bits per heavy atom. The van der Waals surface area contributed by atoms with Gasteiger partial charge in [-0.3, -0.25) is 4.79 Å². The summed E-state index contributed by atoms with van der Waals surface area (Å²) in [5.74, 6) is 0.429. The summed E-state index contributed by atoms with van der Waals surface area (Å²) in [5, 5.41) is 6.05. The number of amides is 1. The molecule has 0 saturated heterocycles. The lowest BCUT2D eigenvalue weighted by Crippen LogP contribution is -2.27. The number of nitrogens with zero attached hydrogens (tertiary/aromatic N) is 2. The maximum absolute atomic E-state index is 12.0. The Bertz CT molecular complexity index is 627. The molecule has 0 aliphatic heterocycles. The van der Waals surface area contributed by atoms with Gasteiger partial charge in [-0.25, -0.2) is 9.97 Å². The van der Waals surface area contributed by atoms with Gasteiger partial charge >= 0.3 is 0 Å². The van der Waals surface area contributed by atoms with Crippen molar-refractivity contribution in [1.82, 2.24) is 15.3 Å². The van der Waals surface area contributed by atoms with Crippen molar-refractivity contribution in [2.45, 2.75) is 39.8 Å². The lowest BCUT2D eigenvalue weighted by molar-refractivity contribution is 0.0945. The van der Waals surface area contributed by atoms with Gasteiger partial charge in [-0.1, -0.05) is 29.8 Å². The predicted octanol–water partition coefficient (Wildman–Crippen LogP) is 2.93. The quantitative estimate of drug-likeness (QED) is 0.910. The minimum Gasteiger partial charge on any atom is -0.364 e. The summed E-state index contributed by atoms with van der Waals surface area (Å²) >= 11 is 0. The Balaban J connectivity index is 1.93. The summed E-state index contributed by atoms with van der Waals surface area (Å²) in [6.07, 6.45) is 3.06. The van der Waals surface area contributed by atoms with Gasteiger partial charge in [-0.2, -0.15) is 0 Å². The molecule has 0 bridgehead atoms. The number of aryl methyl sites for hydroxylation is 1. The van der Waals surface area contributed by atoms with E-state index in [1.165, 1.54) is 11.8 Å². The number of benzene rings is 1. The van der Waals surface area contributed by atoms with Gasteiger partial charge < -0.3 is 10.6 Å². The molecule has 0 radical (unpaired) electrons. The van der Waals surface area contributed by atoms with E-state index in [9.17, 15) is 4.79 Å². The van der Waals surface area contributed by atoms with Crippen molar-refractivity contribution in [3.8, 4) is 0 Å². The molecule has 0 unspecified atom stereocenters. The number of carbonyl (C=O) groups excluding carboxylic acids is 1. The first-order valence-electron chi connectivity index (χ1n) is 7.27. The SMILES string of the molecule is Cc1ccc(CNC(=O)c2cnc(NC(C)(C)C)cn2)cc1. The average Bonchev–Trinajstić information content (AvgIpc) is 2.45. The number of rotatable bonds is 4. The third kappa shape index (κ3) is 4.84. The fraction of sp³-hybridized carbons (Fsp3) is 0.353. The van der Waals surface area contributed by atoms with Gasteiger partial charge in [0, 0.05) is 12.1 Å². The van der Waals surface area contributed by atoms with Crippen LogP contribution in [0.3, 0.4) is 0 Å². The van der Waals surface area contributed by atoms with Crippen molar-refractivity contribution >= 4 is 11.7 Å². The average molecular weight is 298 g/mol. The van der Waals surface area contributed by atoms with Crippen LogP contribution in [0.15, 0.2) is 36.7 Å². The van der Waals surface area contributed by atoms with Crippen molar-refractivity contribution in [3.05, 3.63) is 53.5 Å². The Morgan fingerprint density at radius 3 is 2.32 bits per heavy atom. The summed E-state index contributed by atoms with van der Waals surface area (Å²) in [4.78, 5) is 20.4. The van der Waals surface area contributed by atoms with E-state index in [0.717, 1.165) is 5.56 Å². The molecule has 116 valence electrons. The molecule has 2 N–H and O–H groups in total. The molecule has 0 atom stereocenters. The van der Waals surface area contributed by atoms with Crippen LogP contribution in [0.1, 0.15) is 42.4 Å². The summed E-state index contributed by atoms with van der Waals surface area (Å²) in [6, 6.07) is 8.04. The lowest BCUT2D eigenvalue weighted by Gasteiger charge is -2.20. The molecule has 1 aromatic heterocycles. The molecule has 0 fully saturated rings. The molecule has 2 aromatic rings. The highest BCUT2D eigenvalue weighted by Crippen LogP contribution is 2.10. The molecular weight excluding hydrogens is 276 g/mol. The number of carbonyl (C=O) groups is 1. The van der Waals surface area contributed by atoms with Gasteiger partial charge in [-0.05, 0) is 33.3 Å². The van der Waals surface area contributed by atoms with E-state index >= 15 is 0 Å². The molecule has 0 aliphatic carbocycles. The number of hydrogen-bond donors (Lipinski definition) is 2. The first-order chi connectivity index (χ1) is 10.3. The molecule has 22 heavy (non-hydrogen) atoms. The lowest BCUT2D eigenvalue weighted by atomic mass is 10.1. The highest BCUT2D eigenvalue weighted by Gasteiger charge is 2.12. The Kier molecular flexibility index (Phi) is 4.75. The van der Waals surface area contributed by atoms with Crippen LogP contribution in [-0.2, 0) is 6.54 Å². The van der Waals surface area contributed by atoms with E-state index < -0.39 is 0 Å². The van der Waals surface area contributed by atoms with Crippen LogP contribution in [0.2, 0.25) is 0 Å². The number of aromatic nitrogens is 2. The molecule has 5 heteroatoms. The third-order valence-electron chi connectivity index (χ3n) is 2.96. The van der Waals surface area contributed by atoms with Gasteiger partial charge in [-0.15, -0.1) is 0 Å². The number of hydrogen-bond acceptors (Lipinski definition) is 4. The van der Waals surface area contributed by atoms with E-state index in [4.69, 9.17) is 0 Å². The molecule has 1 heterocycles. The Hall–Kier alpha value is -2.43. The van der Waals surface area contributed by atoms with Crippen molar-refractivity contribution in [2.24, 2.45) is 0 Å². The standard InChI is InChI=1S/C17H22N4O/c1-12-5-7-13(8-6-12)9-20-16(22)14-10-19-15(11-18-14)21-17(2,3)4/h5-8,10-11H,9H2,1-4H3,(H,19,21)(H,20,22). The predicted molar refractivity (Wildman–Crippen MR) is 87.8 cm³/mol. The van der Waals surface area contributed by atoms with Crippen LogP contribution in [-0.4, -0.2) is 21.4 Å². The van der Waals surface area contributed by atoms with Crippen molar-refractivity contribution in [2.75, 3.05) is 5.32 Å². The van der Waals surface area contributed by atoms with Crippen LogP contribution in [0.5, 0.6) is 0 Å². The number of anilines is 1. The van der Waals surface area contributed by atoms with E-state index in [1.54, 1.807) is 6.20 Å². The summed E-state index contributed by atoms with van der Waals surface area (Å²) in [6.45, 7) is 8.62. The van der Waals surface area contributed by atoms with Crippen LogP contribution in [0, 0.1) is 6.92 Å². The second kappa shape index (κ2) is 6.56. The van der Waals surface area contributed by atoms with E-state index in [1.807, 2.05) is 52.0 Å². The highest BCUT2D eigenvalue weighted by atomic mass is 16.1. The van der Waals surface area contributed by atoms with E-state index in [2.05, 4.69) is 20.6 Å². The van der Waals surface area contributed by atoms with Crippen LogP contribution in [0.25, 0.3) is 0 Å². The normalized spacial score (nSPS) is 11.1. The van der Waals surface area contributed by atoms with E-state index in [-0.39, 0.29) is 11.4 Å². The molecule has 1 amide bonds. The largest absolute Gasteiger partial charge is 0.364 e. The molecule has 5 nitrogen and oxygen atoms in total.